The van der Waals surface area contributed by atoms with Crippen molar-refractivity contribution in [3.63, 3.8) is 0 Å². The second-order valence-electron chi connectivity index (χ2n) is 5.60. The van der Waals surface area contributed by atoms with Crippen LogP contribution in [0.2, 0.25) is 5.02 Å². The van der Waals surface area contributed by atoms with Crippen LogP contribution < -0.4 is 4.90 Å². The minimum atomic E-state index is -0.595. The number of nitrogens with zero attached hydrogens (tertiary/aromatic N) is 2. The molecule has 24 heavy (non-hydrogen) atoms. The van der Waals surface area contributed by atoms with E-state index in [1.165, 1.54) is 23.1 Å². The van der Waals surface area contributed by atoms with E-state index in [0.29, 0.717) is 23.7 Å². The predicted octanol–water partition coefficient (Wildman–Crippen LogP) is 3.71. The first-order chi connectivity index (χ1) is 11.6. The minimum absolute atomic E-state index is 0.0108. The summed E-state index contributed by atoms with van der Waals surface area (Å²) in [6, 6.07) is 12.5. The first kappa shape index (κ1) is 16.5. The van der Waals surface area contributed by atoms with Gasteiger partial charge in [-0.1, -0.05) is 29.8 Å². The number of carbonyl (C=O) groups is 2. The number of amides is 2. The van der Waals surface area contributed by atoms with E-state index in [2.05, 4.69) is 0 Å². The van der Waals surface area contributed by atoms with Gasteiger partial charge >= 0.3 is 0 Å². The van der Waals surface area contributed by atoms with Crippen LogP contribution in [0.25, 0.3) is 0 Å². The molecule has 124 valence electrons. The van der Waals surface area contributed by atoms with Crippen molar-refractivity contribution in [3.8, 4) is 0 Å². The van der Waals surface area contributed by atoms with Gasteiger partial charge in [0, 0.05) is 23.7 Å². The number of hydrogen-bond acceptors (Lipinski definition) is 2. The Bertz CT molecular complexity index is 781. The lowest BCUT2D eigenvalue weighted by Crippen LogP contribution is -2.42. The molecule has 2 aromatic carbocycles. The van der Waals surface area contributed by atoms with Gasteiger partial charge in [0.15, 0.2) is 0 Å². The predicted molar refractivity (Wildman–Crippen MR) is 90.5 cm³/mol. The summed E-state index contributed by atoms with van der Waals surface area (Å²) in [5, 5.41) is 0.464. The Morgan fingerprint density at radius 2 is 2.00 bits per heavy atom. The summed E-state index contributed by atoms with van der Waals surface area (Å²) in [5.74, 6) is -1.11. The average molecular weight is 347 g/mol. The largest absolute Gasteiger partial charge is 0.324 e. The molecule has 0 atom stereocenters. The highest BCUT2D eigenvalue weighted by atomic mass is 35.5. The van der Waals surface area contributed by atoms with Crippen LogP contribution in [-0.4, -0.2) is 29.9 Å². The summed E-state index contributed by atoms with van der Waals surface area (Å²) in [4.78, 5) is 27.8. The number of anilines is 1. The van der Waals surface area contributed by atoms with E-state index in [9.17, 15) is 14.0 Å². The third-order valence-electron chi connectivity index (χ3n) is 3.95. The summed E-state index contributed by atoms with van der Waals surface area (Å²) in [7, 11) is 0. The Morgan fingerprint density at radius 3 is 2.67 bits per heavy atom. The zero-order valence-electron chi connectivity index (χ0n) is 12.9. The van der Waals surface area contributed by atoms with Crippen molar-refractivity contribution in [2.45, 2.75) is 12.8 Å². The number of hydrogen-bond donors (Lipinski definition) is 0. The molecule has 0 saturated carbocycles. The molecule has 0 aromatic heterocycles. The summed E-state index contributed by atoms with van der Waals surface area (Å²) >= 11 is 6.02. The number of carbonyl (C=O) groups excluding carboxylic acids is 2. The van der Waals surface area contributed by atoms with Crippen molar-refractivity contribution in [2.75, 3.05) is 18.1 Å². The van der Waals surface area contributed by atoms with Crippen LogP contribution in [0.1, 0.15) is 23.2 Å². The van der Waals surface area contributed by atoms with Crippen LogP contribution in [0.15, 0.2) is 48.5 Å². The molecule has 0 bridgehead atoms. The lowest BCUT2D eigenvalue weighted by molar-refractivity contribution is -0.127. The lowest BCUT2D eigenvalue weighted by atomic mass is 10.1. The van der Waals surface area contributed by atoms with Crippen molar-refractivity contribution in [3.05, 3.63) is 64.9 Å². The molecule has 0 aliphatic carbocycles. The lowest BCUT2D eigenvalue weighted by Gasteiger charge is -2.28. The molecule has 2 amide bonds. The highest BCUT2D eigenvalue weighted by molar-refractivity contribution is 6.31. The third kappa shape index (κ3) is 3.41. The maximum absolute atomic E-state index is 14.0. The van der Waals surface area contributed by atoms with E-state index in [-0.39, 0.29) is 18.1 Å². The number of benzene rings is 2. The van der Waals surface area contributed by atoms with Crippen LogP contribution in [0.4, 0.5) is 10.1 Å². The highest BCUT2D eigenvalue weighted by Crippen LogP contribution is 2.24. The average Bonchev–Trinajstić information content (AvgIpc) is 2.97. The molecule has 1 aliphatic rings. The fourth-order valence-corrected chi connectivity index (χ4v) is 2.90. The van der Waals surface area contributed by atoms with E-state index in [0.717, 1.165) is 6.42 Å². The van der Waals surface area contributed by atoms with Crippen LogP contribution >= 0.6 is 11.6 Å². The van der Waals surface area contributed by atoms with E-state index in [1.54, 1.807) is 35.2 Å². The second kappa shape index (κ2) is 7.01. The van der Waals surface area contributed by atoms with Crippen molar-refractivity contribution in [2.24, 2.45) is 0 Å². The Hall–Kier alpha value is -2.40. The van der Waals surface area contributed by atoms with Gasteiger partial charge in [-0.15, -0.1) is 0 Å². The molecule has 2 aromatic rings. The smallest absolute Gasteiger partial charge is 0.262 e. The van der Waals surface area contributed by atoms with Gasteiger partial charge in [0.2, 0.25) is 5.91 Å². The topological polar surface area (TPSA) is 40.6 Å². The minimum Gasteiger partial charge on any atom is -0.324 e. The molecular formula is C18H16ClFN2O2. The van der Waals surface area contributed by atoms with Crippen LogP contribution in [0, 0.1) is 5.82 Å². The van der Waals surface area contributed by atoms with Gasteiger partial charge in [0.25, 0.3) is 5.91 Å². The fraction of sp³-hybridized carbons (Fsp3) is 0.222. The molecule has 0 N–H and O–H groups in total. The second-order valence-corrected chi connectivity index (χ2v) is 6.03. The van der Waals surface area contributed by atoms with Crippen molar-refractivity contribution >= 4 is 29.1 Å². The van der Waals surface area contributed by atoms with Crippen LogP contribution in [0.5, 0.6) is 0 Å². The van der Waals surface area contributed by atoms with Gasteiger partial charge in [-0.25, -0.2) is 4.39 Å². The molecule has 6 heteroatoms. The molecule has 1 aliphatic heterocycles. The standard InChI is InChI=1S/C18H16ClFN2O2/c19-13-5-3-6-14(11-13)22(12-21-10-4-9-17(21)23)18(24)15-7-1-2-8-16(15)20/h1-3,5-8,11H,4,9-10,12H2. The maximum atomic E-state index is 14.0. The molecule has 4 nitrogen and oxygen atoms in total. The monoisotopic (exact) mass is 346 g/mol. The molecule has 0 radical (unpaired) electrons. The van der Waals surface area contributed by atoms with Gasteiger partial charge < -0.3 is 4.90 Å². The van der Waals surface area contributed by atoms with E-state index in [1.807, 2.05) is 0 Å². The first-order valence-corrected chi connectivity index (χ1v) is 8.04. The number of likely N-dealkylation sites (tertiary alicyclic amines) is 1. The van der Waals surface area contributed by atoms with Crippen molar-refractivity contribution in [1.82, 2.24) is 4.90 Å². The summed E-state index contributed by atoms with van der Waals surface area (Å²) in [5.41, 5.74) is 0.486. The maximum Gasteiger partial charge on any atom is 0.262 e. The molecule has 1 heterocycles. The van der Waals surface area contributed by atoms with Gasteiger partial charge in [-0.2, -0.15) is 0 Å². The Kier molecular flexibility index (Phi) is 4.81. The van der Waals surface area contributed by atoms with Gasteiger partial charge in [0.1, 0.15) is 12.5 Å². The zero-order valence-corrected chi connectivity index (χ0v) is 13.7. The third-order valence-corrected chi connectivity index (χ3v) is 4.19. The first-order valence-electron chi connectivity index (χ1n) is 7.66. The summed E-state index contributed by atoms with van der Waals surface area (Å²) in [6.45, 7) is 0.660. The molecule has 0 unspecified atom stereocenters. The number of halogens is 2. The van der Waals surface area contributed by atoms with Gasteiger partial charge in [0.05, 0.1) is 5.56 Å². The van der Waals surface area contributed by atoms with Crippen LogP contribution in [0.3, 0.4) is 0 Å². The summed E-state index contributed by atoms with van der Waals surface area (Å²) in [6.07, 6.45) is 1.23. The SMILES string of the molecule is O=C1CCCN1CN(C(=O)c1ccccc1F)c1cccc(Cl)c1. The van der Waals surface area contributed by atoms with Crippen molar-refractivity contribution in [1.29, 1.82) is 0 Å². The molecule has 0 spiro atoms. The zero-order chi connectivity index (χ0) is 17.1. The Balaban J connectivity index is 1.96. The van der Waals surface area contributed by atoms with Crippen molar-refractivity contribution < 1.29 is 14.0 Å². The highest BCUT2D eigenvalue weighted by Gasteiger charge is 2.27. The van der Waals surface area contributed by atoms with E-state index < -0.39 is 11.7 Å². The fourth-order valence-electron chi connectivity index (χ4n) is 2.71. The van der Waals surface area contributed by atoms with Gasteiger partial charge in [-0.3, -0.25) is 14.5 Å². The molecule has 1 fully saturated rings. The summed E-state index contributed by atoms with van der Waals surface area (Å²) < 4.78 is 14.0. The normalized spacial score (nSPS) is 14.1. The van der Waals surface area contributed by atoms with E-state index >= 15 is 0 Å². The number of rotatable bonds is 4. The molecule has 1 saturated heterocycles. The van der Waals surface area contributed by atoms with E-state index in [4.69, 9.17) is 11.6 Å². The molecular weight excluding hydrogens is 331 g/mol. The van der Waals surface area contributed by atoms with Crippen LogP contribution in [-0.2, 0) is 4.79 Å². The molecule has 3 rings (SSSR count). The Morgan fingerprint density at radius 1 is 1.21 bits per heavy atom. The Labute approximate surface area is 144 Å². The van der Waals surface area contributed by atoms with Gasteiger partial charge in [-0.05, 0) is 36.8 Å². The quantitative estimate of drug-likeness (QED) is 0.846.